The van der Waals surface area contributed by atoms with Gasteiger partial charge in [0.15, 0.2) is 4.34 Å². The summed E-state index contributed by atoms with van der Waals surface area (Å²) in [4.78, 5) is 4.49. The van der Waals surface area contributed by atoms with Crippen molar-refractivity contribution in [1.29, 1.82) is 0 Å². The zero-order valence-corrected chi connectivity index (χ0v) is 12.5. The first kappa shape index (κ1) is 13.6. The van der Waals surface area contributed by atoms with Crippen molar-refractivity contribution in [3.63, 3.8) is 0 Å². The van der Waals surface area contributed by atoms with E-state index in [0.29, 0.717) is 5.41 Å². The zero-order valence-electron chi connectivity index (χ0n) is 10.0. The van der Waals surface area contributed by atoms with Crippen molar-refractivity contribution in [2.45, 2.75) is 30.5 Å². The standard InChI is InChI=1S/C11H18N2OS3/c1-2-9-12-10(17-13-9)16-8-11(7-15)3-5-14-6-4-11/h15H,2-8H2,1H3. The Morgan fingerprint density at radius 2 is 2.24 bits per heavy atom. The summed E-state index contributed by atoms with van der Waals surface area (Å²) in [6.45, 7) is 3.83. The molecule has 3 nitrogen and oxygen atoms in total. The van der Waals surface area contributed by atoms with E-state index in [0.717, 1.165) is 54.1 Å². The zero-order chi connectivity index (χ0) is 12.1. The maximum atomic E-state index is 5.43. The van der Waals surface area contributed by atoms with Gasteiger partial charge in [0.2, 0.25) is 0 Å². The lowest BCUT2D eigenvalue weighted by molar-refractivity contribution is 0.0371. The van der Waals surface area contributed by atoms with Crippen LogP contribution in [0.1, 0.15) is 25.6 Å². The van der Waals surface area contributed by atoms with Crippen LogP contribution < -0.4 is 0 Å². The largest absolute Gasteiger partial charge is 0.381 e. The summed E-state index contributed by atoms with van der Waals surface area (Å²) in [6.07, 6.45) is 3.15. The van der Waals surface area contributed by atoms with Crippen LogP contribution in [-0.2, 0) is 11.2 Å². The predicted octanol–water partition coefficient (Wildman–Crippen LogP) is 2.92. The maximum Gasteiger partial charge on any atom is 0.170 e. The number of ether oxygens (including phenoxy) is 1. The molecule has 0 bridgehead atoms. The molecule has 1 aliphatic rings. The van der Waals surface area contributed by atoms with Crippen molar-refractivity contribution < 1.29 is 4.74 Å². The molecule has 1 fully saturated rings. The van der Waals surface area contributed by atoms with Crippen molar-refractivity contribution in [3.05, 3.63) is 5.82 Å². The molecule has 1 saturated heterocycles. The minimum absolute atomic E-state index is 0.323. The summed E-state index contributed by atoms with van der Waals surface area (Å²) in [5, 5.41) is 0. The second kappa shape index (κ2) is 6.41. The lowest BCUT2D eigenvalue weighted by Gasteiger charge is -2.35. The predicted molar refractivity (Wildman–Crippen MR) is 76.4 cm³/mol. The van der Waals surface area contributed by atoms with Gasteiger partial charge in [-0.3, -0.25) is 0 Å². The molecule has 0 radical (unpaired) electrons. The minimum atomic E-state index is 0.323. The second-order valence-electron chi connectivity index (χ2n) is 4.39. The van der Waals surface area contributed by atoms with E-state index in [1.807, 2.05) is 11.8 Å². The average molecular weight is 290 g/mol. The number of hydrogen-bond donors (Lipinski definition) is 1. The number of thiol groups is 1. The average Bonchev–Trinajstić information content (AvgIpc) is 2.85. The normalized spacial score (nSPS) is 19.4. The smallest absolute Gasteiger partial charge is 0.170 e. The third-order valence-electron chi connectivity index (χ3n) is 3.16. The summed E-state index contributed by atoms with van der Waals surface area (Å²) in [7, 11) is 0. The van der Waals surface area contributed by atoms with Gasteiger partial charge in [0.1, 0.15) is 5.82 Å². The van der Waals surface area contributed by atoms with E-state index >= 15 is 0 Å². The van der Waals surface area contributed by atoms with Crippen LogP contribution in [0, 0.1) is 5.41 Å². The minimum Gasteiger partial charge on any atom is -0.381 e. The molecular weight excluding hydrogens is 272 g/mol. The molecule has 0 aromatic carbocycles. The van der Waals surface area contributed by atoms with E-state index in [-0.39, 0.29) is 0 Å². The summed E-state index contributed by atoms with van der Waals surface area (Å²) < 4.78 is 10.8. The number of hydrogen-bond acceptors (Lipinski definition) is 6. The maximum absolute atomic E-state index is 5.43. The van der Waals surface area contributed by atoms with Gasteiger partial charge < -0.3 is 4.74 Å². The fraction of sp³-hybridized carbons (Fsp3) is 0.818. The van der Waals surface area contributed by atoms with Gasteiger partial charge in [-0.05, 0) is 35.5 Å². The molecule has 0 unspecified atom stereocenters. The quantitative estimate of drug-likeness (QED) is 0.668. The first-order chi connectivity index (χ1) is 8.28. The van der Waals surface area contributed by atoms with Gasteiger partial charge in [-0.1, -0.05) is 18.7 Å². The Morgan fingerprint density at radius 1 is 1.47 bits per heavy atom. The second-order valence-corrected chi connectivity index (χ2v) is 6.68. The molecule has 2 heterocycles. The molecular formula is C11H18N2OS3. The number of aromatic nitrogens is 2. The Kier molecular flexibility index (Phi) is 5.14. The van der Waals surface area contributed by atoms with Crippen LogP contribution in [0.5, 0.6) is 0 Å². The van der Waals surface area contributed by atoms with E-state index in [4.69, 9.17) is 4.74 Å². The number of nitrogens with zero attached hydrogens (tertiary/aromatic N) is 2. The van der Waals surface area contributed by atoms with E-state index in [1.165, 1.54) is 11.5 Å². The third-order valence-corrected chi connectivity index (χ3v) is 6.05. The topological polar surface area (TPSA) is 35.0 Å². The van der Waals surface area contributed by atoms with E-state index in [2.05, 4.69) is 28.9 Å². The van der Waals surface area contributed by atoms with Crippen molar-refractivity contribution in [2.75, 3.05) is 24.7 Å². The van der Waals surface area contributed by atoms with Gasteiger partial charge in [-0.15, -0.1) is 0 Å². The van der Waals surface area contributed by atoms with E-state index < -0.39 is 0 Å². The Bertz CT molecular complexity index is 350. The van der Waals surface area contributed by atoms with Crippen LogP contribution in [-0.4, -0.2) is 34.1 Å². The Hall–Kier alpha value is 0.220. The fourth-order valence-electron chi connectivity index (χ4n) is 1.81. The van der Waals surface area contributed by atoms with Gasteiger partial charge >= 0.3 is 0 Å². The van der Waals surface area contributed by atoms with Crippen LogP contribution in [0.4, 0.5) is 0 Å². The summed E-state index contributed by atoms with van der Waals surface area (Å²) in [5.74, 6) is 2.98. The first-order valence-corrected chi connectivity index (χ1v) is 8.31. The highest BCUT2D eigenvalue weighted by atomic mass is 32.2. The lowest BCUT2D eigenvalue weighted by Crippen LogP contribution is -2.33. The van der Waals surface area contributed by atoms with Crippen LogP contribution in [0.2, 0.25) is 0 Å². The van der Waals surface area contributed by atoms with Gasteiger partial charge in [-0.25, -0.2) is 4.98 Å². The lowest BCUT2D eigenvalue weighted by atomic mass is 9.84. The van der Waals surface area contributed by atoms with Crippen LogP contribution in [0.3, 0.4) is 0 Å². The van der Waals surface area contributed by atoms with Crippen molar-refractivity contribution in [2.24, 2.45) is 5.41 Å². The molecule has 96 valence electrons. The Balaban J connectivity index is 1.90. The van der Waals surface area contributed by atoms with Crippen molar-refractivity contribution in [1.82, 2.24) is 9.36 Å². The molecule has 1 aromatic rings. The van der Waals surface area contributed by atoms with Gasteiger partial charge in [-0.2, -0.15) is 17.0 Å². The molecule has 0 amide bonds. The monoisotopic (exact) mass is 290 g/mol. The SMILES string of the molecule is CCc1nsc(SCC2(CS)CCOCC2)n1. The number of thioether (sulfide) groups is 1. The molecule has 0 saturated carbocycles. The highest BCUT2D eigenvalue weighted by Crippen LogP contribution is 2.37. The summed E-state index contributed by atoms with van der Waals surface area (Å²) >= 11 is 7.86. The molecule has 1 aromatic heterocycles. The molecule has 17 heavy (non-hydrogen) atoms. The number of aryl methyl sites for hydroxylation is 1. The summed E-state index contributed by atoms with van der Waals surface area (Å²) in [6, 6.07) is 0. The molecule has 1 aliphatic heterocycles. The first-order valence-electron chi connectivity index (χ1n) is 5.92. The molecule has 2 rings (SSSR count). The molecule has 6 heteroatoms. The fourth-order valence-corrected chi connectivity index (χ4v) is 4.38. The Labute approximate surface area is 116 Å². The van der Waals surface area contributed by atoms with Crippen molar-refractivity contribution in [3.8, 4) is 0 Å². The van der Waals surface area contributed by atoms with Gasteiger partial charge in [0, 0.05) is 25.4 Å². The van der Waals surface area contributed by atoms with Crippen LogP contribution in [0.25, 0.3) is 0 Å². The van der Waals surface area contributed by atoms with Crippen LogP contribution in [0.15, 0.2) is 4.34 Å². The Morgan fingerprint density at radius 3 is 2.82 bits per heavy atom. The number of rotatable bonds is 5. The molecule has 0 spiro atoms. The highest BCUT2D eigenvalue weighted by molar-refractivity contribution is 8.01. The van der Waals surface area contributed by atoms with E-state index in [1.54, 1.807) is 0 Å². The van der Waals surface area contributed by atoms with Crippen LogP contribution >= 0.6 is 35.9 Å². The highest BCUT2D eigenvalue weighted by Gasteiger charge is 2.31. The van der Waals surface area contributed by atoms with Gasteiger partial charge in [0.25, 0.3) is 0 Å². The third kappa shape index (κ3) is 3.59. The van der Waals surface area contributed by atoms with Crippen molar-refractivity contribution >= 4 is 35.9 Å². The molecule has 0 atom stereocenters. The summed E-state index contributed by atoms with van der Waals surface area (Å²) in [5.41, 5.74) is 0.323. The van der Waals surface area contributed by atoms with Gasteiger partial charge in [0.05, 0.1) is 0 Å². The molecule has 0 N–H and O–H groups in total. The molecule has 0 aliphatic carbocycles. The van der Waals surface area contributed by atoms with E-state index in [9.17, 15) is 0 Å².